The molecule has 0 aliphatic carbocycles. The van der Waals surface area contributed by atoms with Crippen LogP contribution in [-0.4, -0.2) is 19.8 Å². The highest BCUT2D eigenvalue weighted by Crippen LogP contribution is 2.32. The Bertz CT molecular complexity index is 733. The van der Waals surface area contributed by atoms with Crippen LogP contribution in [0.15, 0.2) is 36.4 Å². The van der Waals surface area contributed by atoms with E-state index >= 15 is 0 Å². The number of carbonyl (C=O) groups is 1. The Balaban J connectivity index is 1.56. The number of fused-ring (bicyclic) bond motifs is 1. The number of hydrogen-bond donors (Lipinski definition) is 1. The molecule has 0 fully saturated rings. The van der Waals surface area contributed by atoms with E-state index in [9.17, 15) is 4.79 Å². The molecular formula is C17H16ClNO4. The number of amides is 1. The van der Waals surface area contributed by atoms with Gasteiger partial charge in [-0.15, -0.1) is 0 Å². The Morgan fingerprint density at radius 1 is 1.17 bits per heavy atom. The van der Waals surface area contributed by atoms with Gasteiger partial charge in [-0.2, -0.15) is 0 Å². The predicted molar refractivity (Wildman–Crippen MR) is 86.1 cm³/mol. The first-order valence-corrected chi connectivity index (χ1v) is 7.51. The second-order valence-corrected chi connectivity index (χ2v) is 5.52. The fourth-order valence-electron chi connectivity index (χ4n) is 2.32. The minimum Gasteiger partial charge on any atom is -0.495 e. The summed E-state index contributed by atoms with van der Waals surface area (Å²) in [5.74, 6) is 1.95. The zero-order chi connectivity index (χ0) is 16.2. The van der Waals surface area contributed by atoms with Crippen LogP contribution in [0.3, 0.4) is 0 Å². The van der Waals surface area contributed by atoms with Crippen LogP contribution < -0.4 is 19.5 Å². The molecule has 1 heterocycles. The van der Waals surface area contributed by atoms with E-state index in [1.54, 1.807) is 19.2 Å². The molecule has 1 N–H and O–H groups in total. The molecular weight excluding hydrogens is 318 g/mol. The highest BCUT2D eigenvalue weighted by Gasteiger charge is 2.13. The average Bonchev–Trinajstić information content (AvgIpc) is 3.01. The maximum Gasteiger partial charge on any atom is 0.231 e. The quantitative estimate of drug-likeness (QED) is 0.914. The molecule has 2 aromatic carbocycles. The third-order valence-corrected chi connectivity index (χ3v) is 3.80. The first-order chi connectivity index (χ1) is 11.2. The number of rotatable bonds is 5. The van der Waals surface area contributed by atoms with Crippen LogP contribution in [0.2, 0.25) is 5.02 Å². The molecule has 23 heavy (non-hydrogen) atoms. The minimum atomic E-state index is -0.0797. The van der Waals surface area contributed by atoms with Crippen molar-refractivity contribution in [2.45, 2.75) is 13.0 Å². The van der Waals surface area contributed by atoms with E-state index in [4.69, 9.17) is 25.8 Å². The first-order valence-electron chi connectivity index (χ1n) is 7.13. The summed E-state index contributed by atoms with van der Waals surface area (Å²) in [5, 5.41) is 3.37. The predicted octanol–water partition coefficient (Wildman–Crippen LogP) is 2.94. The second-order valence-electron chi connectivity index (χ2n) is 5.11. The maximum atomic E-state index is 12.0. The van der Waals surface area contributed by atoms with Crippen molar-refractivity contribution >= 4 is 17.5 Å². The van der Waals surface area contributed by atoms with E-state index in [2.05, 4.69) is 5.32 Å². The number of hydrogen-bond acceptors (Lipinski definition) is 4. The third kappa shape index (κ3) is 3.68. The molecule has 0 saturated heterocycles. The van der Waals surface area contributed by atoms with Crippen molar-refractivity contribution in [1.82, 2.24) is 5.32 Å². The average molecular weight is 334 g/mol. The van der Waals surface area contributed by atoms with Gasteiger partial charge >= 0.3 is 0 Å². The number of benzene rings is 2. The summed E-state index contributed by atoms with van der Waals surface area (Å²) in [6, 6.07) is 10.9. The molecule has 0 saturated carbocycles. The highest BCUT2D eigenvalue weighted by atomic mass is 35.5. The molecule has 0 unspecified atom stereocenters. The topological polar surface area (TPSA) is 56.8 Å². The summed E-state index contributed by atoms with van der Waals surface area (Å²) in [7, 11) is 1.55. The lowest BCUT2D eigenvalue weighted by atomic mass is 10.1. The second kappa shape index (κ2) is 6.79. The monoisotopic (exact) mass is 333 g/mol. The van der Waals surface area contributed by atoms with Gasteiger partial charge in [-0.3, -0.25) is 4.79 Å². The van der Waals surface area contributed by atoms with Gasteiger partial charge in [-0.1, -0.05) is 23.7 Å². The summed E-state index contributed by atoms with van der Waals surface area (Å²) in [6.07, 6.45) is 0.258. The Labute approximate surface area is 139 Å². The van der Waals surface area contributed by atoms with Crippen molar-refractivity contribution in [2.24, 2.45) is 0 Å². The third-order valence-electron chi connectivity index (χ3n) is 3.51. The summed E-state index contributed by atoms with van der Waals surface area (Å²) >= 11 is 6.06. The van der Waals surface area contributed by atoms with Crippen LogP contribution in [0.5, 0.6) is 17.2 Å². The lowest BCUT2D eigenvalue weighted by Gasteiger charge is -2.08. The van der Waals surface area contributed by atoms with Gasteiger partial charge in [0.2, 0.25) is 12.7 Å². The van der Waals surface area contributed by atoms with Gasteiger partial charge in [-0.05, 0) is 35.4 Å². The molecule has 0 atom stereocenters. The fraction of sp³-hybridized carbons (Fsp3) is 0.235. The molecule has 0 bridgehead atoms. The van der Waals surface area contributed by atoms with E-state index in [1.165, 1.54) is 0 Å². The smallest absolute Gasteiger partial charge is 0.231 e. The van der Waals surface area contributed by atoms with Crippen molar-refractivity contribution in [3.63, 3.8) is 0 Å². The van der Waals surface area contributed by atoms with E-state index < -0.39 is 0 Å². The first kappa shape index (κ1) is 15.5. The molecule has 6 heteroatoms. The SMILES string of the molecule is COc1ccc(CC(=O)NCc2ccc3c(c2)OCO3)cc1Cl. The fourth-order valence-corrected chi connectivity index (χ4v) is 2.60. The Kier molecular flexibility index (Phi) is 4.57. The Morgan fingerprint density at radius 3 is 2.74 bits per heavy atom. The summed E-state index contributed by atoms with van der Waals surface area (Å²) in [6.45, 7) is 0.669. The van der Waals surface area contributed by atoms with Gasteiger partial charge in [-0.25, -0.2) is 0 Å². The lowest BCUT2D eigenvalue weighted by Crippen LogP contribution is -2.24. The van der Waals surface area contributed by atoms with E-state index in [1.807, 2.05) is 24.3 Å². The molecule has 1 aliphatic rings. The number of carbonyl (C=O) groups excluding carboxylic acids is 1. The molecule has 5 nitrogen and oxygen atoms in total. The summed E-state index contributed by atoms with van der Waals surface area (Å²) in [4.78, 5) is 12.0. The molecule has 1 aliphatic heterocycles. The minimum absolute atomic E-state index is 0.0797. The molecule has 1 amide bonds. The van der Waals surface area contributed by atoms with Crippen LogP contribution in [0.4, 0.5) is 0 Å². The van der Waals surface area contributed by atoms with Crippen LogP contribution in [-0.2, 0) is 17.8 Å². The van der Waals surface area contributed by atoms with Crippen LogP contribution in [0, 0.1) is 0 Å². The highest BCUT2D eigenvalue weighted by molar-refractivity contribution is 6.32. The standard InChI is InChI=1S/C17H16ClNO4/c1-21-14-4-2-11(6-13(14)18)8-17(20)19-9-12-3-5-15-16(7-12)23-10-22-15/h2-7H,8-10H2,1H3,(H,19,20). The largest absolute Gasteiger partial charge is 0.495 e. The molecule has 0 aromatic heterocycles. The Morgan fingerprint density at radius 2 is 1.96 bits per heavy atom. The maximum absolute atomic E-state index is 12.0. The van der Waals surface area contributed by atoms with Gasteiger partial charge in [0.1, 0.15) is 5.75 Å². The van der Waals surface area contributed by atoms with Crippen LogP contribution >= 0.6 is 11.6 Å². The summed E-state index contributed by atoms with van der Waals surface area (Å²) < 4.78 is 15.7. The van der Waals surface area contributed by atoms with Crippen LogP contribution in [0.1, 0.15) is 11.1 Å². The Hall–Kier alpha value is -2.40. The van der Waals surface area contributed by atoms with E-state index in [0.717, 1.165) is 16.9 Å². The zero-order valence-corrected chi connectivity index (χ0v) is 13.4. The van der Waals surface area contributed by atoms with E-state index in [0.29, 0.717) is 23.1 Å². The van der Waals surface area contributed by atoms with Crippen molar-refractivity contribution in [2.75, 3.05) is 13.9 Å². The number of methoxy groups -OCH3 is 1. The van der Waals surface area contributed by atoms with Gasteiger partial charge in [0.05, 0.1) is 18.6 Å². The molecule has 2 aromatic rings. The zero-order valence-electron chi connectivity index (χ0n) is 12.6. The van der Waals surface area contributed by atoms with Crippen molar-refractivity contribution < 1.29 is 19.0 Å². The van der Waals surface area contributed by atoms with Crippen molar-refractivity contribution in [1.29, 1.82) is 0 Å². The van der Waals surface area contributed by atoms with Gasteiger partial charge in [0, 0.05) is 6.54 Å². The van der Waals surface area contributed by atoms with Gasteiger partial charge in [0.15, 0.2) is 11.5 Å². The van der Waals surface area contributed by atoms with Crippen LogP contribution in [0.25, 0.3) is 0 Å². The van der Waals surface area contributed by atoms with Crippen molar-refractivity contribution in [3.8, 4) is 17.2 Å². The number of ether oxygens (including phenoxy) is 3. The van der Waals surface area contributed by atoms with Gasteiger partial charge < -0.3 is 19.5 Å². The molecule has 3 rings (SSSR count). The van der Waals surface area contributed by atoms with E-state index in [-0.39, 0.29) is 19.1 Å². The van der Waals surface area contributed by atoms with Gasteiger partial charge in [0.25, 0.3) is 0 Å². The normalized spacial score (nSPS) is 12.1. The number of nitrogens with one attached hydrogen (secondary N) is 1. The molecule has 0 radical (unpaired) electrons. The number of halogens is 1. The molecule has 0 spiro atoms. The lowest BCUT2D eigenvalue weighted by molar-refractivity contribution is -0.120. The molecule has 120 valence electrons. The van der Waals surface area contributed by atoms with Crippen molar-refractivity contribution in [3.05, 3.63) is 52.5 Å². The summed E-state index contributed by atoms with van der Waals surface area (Å²) in [5.41, 5.74) is 1.79.